The molecule has 1 aromatic carbocycles. The molecule has 3 atom stereocenters. The van der Waals surface area contributed by atoms with Gasteiger partial charge < -0.3 is 5.11 Å². The lowest BCUT2D eigenvalue weighted by Crippen LogP contribution is -2.48. The van der Waals surface area contributed by atoms with Gasteiger partial charge in [0.2, 0.25) is 0 Å². The molecule has 2 rings (SSSR count). The van der Waals surface area contributed by atoms with E-state index in [1.54, 1.807) is 0 Å². The van der Waals surface area contributed by atoms with Crippen molar-refractivity contribution in [2.24, 2.45) is 17.8 Å². The topological polar surface area (TPSA) is 20.2 Å². The first-order valence-electron chi connectivity index (χ1n) is 8.46. The van der Waals surface area contributed by atoms with Gasteiger partial charge in [0.1, 0.15) is 0 Å². The van der Waals surface area contributed by atoms with Gasteiger partial charge in [0.15, 0.2) is 0 Å². The first-order valence-corrected chi connectivity index (χ1v) is 8.46. The Morgan fingerprint density at radius 1 is 1.29 bits per heavy atom. The van der Waals surface area contributed by atoms with Crippen LogP contribution in [-0.2, 0) is 6.42 Å². The molecule has 0 saturated heterocycles. The standard InChI is InChI=1S/C20H30O/c1-4-18(14-13-17-10-6-5-7-11-17)20(21)15-9-8-12-19(20)16(2)3/h4-7,10-11,16,18-19,21H,1,8-9,12-15H2,2-3H3/t18-,19-,20+/m0/s1. The lowest BCUT2D eigenvalue weighted by molar-refractivity contribution is -0.0982. The van der Waals surface area contributed by atoms with E-state index in [2.05, 4.69) is 50.8 Å². The van der Waals surface area contributed by atoms with E-state index in [1.165, 1.54) is 12.0 Å². The Morgan fingerprint density at radius 2 is 2.00 bits per heavy atom. The molecule has 1 aromatic rings. The second-order valence-corrected chi connectivity index (χ2v) is 6.95. The van der Waals surface area contributed by atoms with Crippen LogP contribution >= 0.6 is 0 Å². The van der Waals surface area contributed by atoms with E-state index in [0.717, 1.165) is 32.1 Å². The smallest absolute Gasteiger partial charge is 0.0740 e. The Hall–Kier alpha value is -1.08. The molecule has 1 N–H and O–H groups in total. The molecule has 1 fully saturated rings. The van der Waals surface area contributed by atoms with E-state index >= 15 is 0 Å². The highest BCUT2D eigenvalue weighted by Crippen LogP contribution is 2.44. The fourth-order valence-corrected chi connectivity index (χ4v) is 4.12. The molecule has 116 valence electrons. The third kappa shape index (κ3) is 3.77. The van der Waals surface area contributed by atoms with Crippen LogP contribution < -0.4 is 0 Å². The summed E-state index contributed by atoms with van der Waals surface area (Å²) in [5, 5.41) is 11.4. The number of benzene rings is 1. The van der Waals surface area contributed by atoms with E-state index in [1.807, 2.05) is 6.08 Å². The van der Waals surface area contributed by atoms with E-state index in [-0.39, 0.29) is 5.92 Å². The van der Waals surface area contributed by atoms with Crippen LogP contribution in [0.4, 0.5) is 0 Å². The van der Waals surface area contributed by atoms with E-state index < -0.39 is 5.60 Å². The third-order valence-electron chi connectivity index (χ3n) is 5.30. The molecule has 1 aliphatic carbocycles. The zero-order chi connectivity index (χ0) is 15.3. The van der Waals surface area contributed by atoms with Crippen LogP contribution in [0.3, 0.4) is 0 Å². The van der Waals surface area contributed by atoms with Gasteiger partial charge in [0, 0.05) is 5.92 Å². The van der Waals surface area contributed by atoms with Crippen molar-refractivity contribution in [3.63, 3.8) is 0 Å². The van der Waals surface area contributed by atoms with Gasteiger partial charge in [0.25, 0.3) is 0 Å². The SMILES string of the molecule is C=C[C@@H](CCc1ccccc1)[C@]1(O)CCCC[C@H]1C(C)C. The van der Waals surface area contributed by atoms with E-state index in [0.29, 0.717) is 11.8 Å². The maximum Gasteiger partial charge on any atom is 0.0740 e. The minimum absolute atomic E-state index is 0.199. The average molecular weight is 286 g/mol. The molecule has 0 aromatic heterocycles. The van der Waals surface area contributed by atoms with Crippen LogP contribution in [-0.4, -0.2) is 10.7 Å². The molecule has 0 unspecified atom stereocenters. The van der Waals surface area contributed by atoms with Crippen LogP contribution in [0.1, 0.15) is 51.5 Å². The normalized spacial score (nSPS) is 27.5. The Morgan fingerprint density at radius 3 is 2.62 bits per heavy atom. The molecule has 1 aliphatic rings. The van der Waals surface area contributed by atoms with Crippen molar-refractivity contribution in [1.82, 2.24) is 0 Å². The maximum absolute atomic E-state index is 11.4. The highest BCUT2D eigenvalue weighted by atomic mass is 16.3. The fraction of sp³-hybridized carbons (Fsp3) is 0.600. The van der Waals surface area contributed by atoms with E-state index in [9.17, 15) is 5.11 Å². The largest absolute Gasteiger partial charge is 0.389 e. The van der Waals surface area contributed by atoms with Crippen molar-refractivity contribution in [2.45, 2.75) is 58.0 Å². The molecule has 1 nitrogen and oxygen atoms in total. The molecule has 1 saturated carbocycles. The van der Waals surface area contributed by atoms with Crippen LogP contribution in [0.25, 0.3) is 0 Å². The van der Waals surface area contributed by atoms with Gasteiger partial charge in [-0.2, -0.15) is 0 Å². The molecule has 0 heterocycles. The van der Waals surface area contributed by atoms with Gasteiger partial charge in [-0.15, -0.1) is 6.58 Å². The van der Waals surface area contributed by atoms with Gasteiger partial charge in [-0.3, -0.25) is 0 Å². The van der Waals surface area contributed by atoms with Gasteiger partial charge in [-0.1, -0.05) is 63.1 Å². The number of aliphatic hydroxyl groups is 1. The molecule has 0 amide bonds. The Kier molecular flexibility index (Phi) is 5.64. The molecule has 1 heteroatoms. The van der Waals surface area contributed by atoms with E-state index in [4.69, 9.17) is 0 Å². The van der Waals surface area contributed by atoms with Crippen molar-refractivity contribution in [3.8, 4) is 0 Å². The second kappa shape index (κ2) is 7.26. The first kappa shape index (κ1) is 16.3. The first-order chi connectivity index (χ1) is 10.1. The summed E-state index contributed by atoms with van der Waals surface area (Å²) in [6.07, 6.45) is 8.51. The number of hydrogen-bond acceptors (Lipinski definition) is 1. The third-order valence-corrected chi connectivity index (χ3v) is 5.30. The second-order valence-electron chi connectivity index (χ2n) is 6.95. The zero-order valence-corrected chi connectivity index (χ0v) is 13.6. The molecule has 0 bridgehead atoms. The Bertz CT molecular complexity index is 436. The molecule has 0 aliphatic heterocycles. The van der Waals surface area contributed by atoms with Crippen molar-refractivity contribution in [3.05, 3.63) is 48.6 Å². The van der Waals surface area contributed by atoms with Crippen LogP contribution in [0.15, 0.2) is 43.0 Å². The highest BCUT2D eigenvalue weighted by molar-refractivity contribution is 5.15. The number of rotatable bonds is 6. The van der Waals surface area contributed by atoms with Crippen LogP contribution in [0.5, 0.6) is 0 Å². The van der Waals surface area contributed by atoms with Crippen LogP contribution in [0.2, 0.25) is 0 Å². The lowest BCUT2D eigenvalue weighted by atomic mass is 9.63. The van der Waals surface area contributed by atoms with Crippen molar-refractivity contribution in [2.75, 3.05) is 0 Å². The monoisotopic (exact) mass is 286 g/mol. The van der Waals surface area contributed by atoms with Gasteiger partial charge >= 0.3 is 0 Å². The molecule has 21 heavy (non-hydrogen) atoms. The van der Waals surface area contributed by atoms with Crippen molar-refractivity contribution >= 4 is 0 Å². The minimum atomic E-state index is -0.553. The van der Waals surface area contributed by atoms with Crippen molar-refractivity contribution < 1.29 is 5.11 Å². The summed E-state index contributed by atoms with van der Waals surface area (Å²) in [5.41, 5.74) is 0.799. The molecular weight excluding hydrogens is 256 g/mol. The summed E-state index contributed by atoms with van der Waals surface area (Å²) < 4.78 is 0. The number of aryl methyl sites for hydroxylation is 1. The summed E-state index contributed by atoms with van der Waals surface area (Å²) in [7, 11) is 0. The Labute approximate surface area is 130 Å². The molecule has 0 radical (unpaired) electrons. The maximum atomic E-state index is 11.4. The van der Waals surface area contributed by atoms with Crippen molar-refractivity contribution in [1.29, 1.82) is 0 Å². The summed E-state index contributed by atoms with van der Waals surface area (Å²) in [6.45, 7) is 8.52. The Balaban J connectivity index is 2.08. The number of hydrogen-bond donors (Lipinski definition) is 1. The predicted molar refractivity (Wildman–Crippen MR) is 90.2 cm³/mol. The summed E-state index contributed by atoms with van der Waals surface area (Å²) in [6, 6.07) is 10.6. The lowest BCUT2D eigenvalue weighted by Gasteiger charge is -2.46. The van der Waals surface area contributed by atoms with Crippen LogP contribution in [0, 0.1) is 17.8 Å². The average Bonchev–Trinajstić information content (AvgIpc) is 2.49. The zero-order valence-electron chi connectivity index (χ0n) is 13.6. The quantitative estimate of drug-likeness (QED) is 0.730. The summed E-state index contributed by atoms with van der Waals surface area (Å²) >= 11 is 0. The summed E-state index contributed by atoms with van der Waals surface area (Å²) in [4.78, 5) is 0. The highest BCUT2D eigenvalue weighted by Gasteiger charge is 2.44. The summed E-state index contributed by atoms with van der Waals surface area (Å²) in [5.74, 6) is 1.14. The molecular formula is C20H30O. The van der Waals surface area contributed by atoms with Gasteiger partial charge in [0.05, 0.1) is 5.60 Å². The van der Waals surface area contributed by atoms with Gasteiger partial charge in [-0.05, 0) is 43.1 Å². The van der Waals surface area contributed by atoms with Gasteiger partial charge in [-0.25, -0.2) is 0 Å². The molecule has 0 spiro atoms. The fourth-order valence-electron chi connectivity index (χ4n) is 4.12. The predicted octanol–water partition coefficient (Wildman–Crippen LogP) is 5.00. The minimum Gasteiger partial charge on any atom is -0.389 e.